The van der Waals surface area contributed by atoms with Gasteiger partial charge >= 0.3 is 5.97 Å². The summed E-state index contributed by atoms with van der Waals surface area (Å²) in [6.45, 7) is 0.353. The molecule has 0 atom stereocenters. The van der Waals surface area contributed by atoms with Gasteiger partial charge in [0.25, 0.3) is 0 Å². The van der Waals surface area contributed by atoms with Crippen LogP contribution in [0.5, 0.6) is 5.75 Å². The van der Waals surface area contributed by atoms with Gasteiger partial charge in [-0.05, 0) is 12.1 Å². The highest BCUT2D eigenvalue weighted by Gasteiger charge is 2.08. The van der Waals surface area contributed by atoms with Crippen molar-refractivity contribution >= 4 is 11.7 Å². The molecule has 0 unspecified atom stereocenters. The summed E-state index contributed by atoms with van der Waals surface area (Å²) < 4.78 is 18.2. The minimum atomic E-state index is -1.01. The molecule has 5 heteroatoms. The van der Waals surface area contributed by atoms with Crippen LogP contribution >= 0.6 is 0 Å². The Morgan fingerprint density at radius 1 is 1.59 bits per heavy atom. The van der Waals surface area contributed by atoms with Gasteiger partial charge in [0.1, 0.15) is 11.6 Å². The lowest BCUT2D eigenvalue weighted by Crippen LogP contribution is -2.18. The minimum Gasteiger partial charge on any atom is -0.495 e. The first-order valence-electron chi connectivity index (χ1n) is 4.98. The molecule has 0 heterocycles. The number of carboxylic acid groups (broad SMARTS) is 1. The highest BCUT2D eigenvalue weighted by Crippen LogP contribution is 2.27. The summed E-state index contributed by atoms with van der Waals surface area (Å²) in [7, 11) is 3.22. The van der Waals surface area contributed by atoms with E-state index >= 15 is 0 Å². The maximum atomic E-state index is 13.1. The SMILES string of the molecule is COc1ccc(F)cc1N(C)C/C=C/C(=O)O. The molecule has 1 rings (SSSR count). The second-order valence-corrected chi connectivity index (χ2v) is 3.44. The van der Waals surface area contributed by atoms with Crippen LogP contribution in [-0.4, -0.2) is 31.8 Å². The third kappa shape index (κ3) is 3.79. The number of halogens is 1. The third-order valence-corrected chi connectivity index (χ3v) is 2.19. The molecule has 0 saturated carbocycles. The quantitative estimate of drug-likeness (QED) is 0.797. The van der Waals surface area contributed by atoms with Gasteiger partial charge in [0.05, 0.1) is 12.8 Å². The van der Waals surface area contributed by atoms with E-state index in [1.54, 1.807) is 11.9 Å². The van der Waals surface area contributed by atoms with E-state index < -0.39 is 5.97 Å². The Labute approximate surface area is 98.9 Å². The van der Waals surface area contributed by atoms with Gasteiger partial charge in [0.15, 0.2) is 0 Å². The van der Waals surface area contributed by atoms with Crippen LogP contribution < -0.4 is 9.64 Å². The molecule has 92 valence electrons. The Bertz CT molecular complexity index is 432. The molecular weight excluding hydrogens is 225 g/mol. The molecule has 0 bridgehead atoms. The molecule has 0 spiro atoms. The second-order valence-electron chi connectivity index (χ2n) is 3.44. The zero-order valence-corrected chi connectivity index (χ0v) is 9.68. The molecule has 0 aliphatic rings. The van der Waals surface area contributed by atoms with E-state index in [0.717, 1.165) is 6.08 Å². The van der Waals surface area contributed by atoms with Crippen molar-refractivity contribution in [3.63, 3.8) is 0 Å². The van der Waals surface area contributed by atoms with Crippen LogP contribution in [0.15, 0.2) is 30.4 Å². The average Bonchev–Trinajstić information content (AvgIpc) is 2.28. The number of hydrogen-bond donors (Lipinski definition) is 1. The van der Waals surface area contributed by atoms with Crippen LogP contribution in [0.1, 0.15) is 0 Å². The fourth-order valence-electron chi connectivity index (χ4n) is 1.37. The van der Waals surface area contributed by atoms with Crippen molar-refractivity contribution in [3.8, 4) is 5.75 Å². The first-order valence-corrected chi connectivity index (χ1v) is 4.98. The van der Waals surface area contributed by atoms with Gasteiger partial charge in [-0.3, -0.25) is 0 Å². The smallest absolute Gasteiger partial charge is 0.328 e. The van der Waals surface area contributed by atoms with Crippen molar-refractivity contribution in [3.05, 3.63) is 36.2 Å². The highest BCUT2D eigenvalue weighted by molar-refractivity contribution is 5.79. The monoisotopic (exact) mass is 239 g/mol. The van der Waals surface area contributed by atoms with Gasteiger partial charge < -0.3 is 14.7 Å². The lowest BCUT2D eigenvalue weighted by molar-refractivity contribution is -0.131. The summed E-state index contributed by atoms with van der Waals surface area (Å²) >= 11 is 0. The van der Waals surface area contributed by atoms with Gasteiger partial charge in [-0.25, -0.2) is 9.18 Å². The van der Waals surface area contributed by atoms with Gasteiger partial charge in [0, 0.05) is 25.7 Å². The summed E-state index contributed by atoms with van der Waals surface area (Å²) in [6.07, 6.45) is 2.52. The molecule has 0 fully saturated rings. The molecular formula is C12H14FNO3. The normalized spacial score (nSPS) is 10.5. The van der Waals surface area contributed by atoms with E-state index in [9.17, 15) is 9.18 Å². The number of rotatable bonds is 5. The summed E-state index contributed by atoms with van der Waals surface area (Å²) in [5.41, 5.74) is 0.572. The van der Waals surface area contributed by atoms with Gasteiger partial charge in [-0.2, -0.15) is 0 Å². The molecule has 0 radical (unpaired) electrons. The van der Waals surface area contributed by atoms with Gasteiger partial charge in [-0.1, -0.05) is 6.08 Å². The number of carboxylic acids is 1. The van der Waals surface area contributed by atoms with Gasteiger partial charge in [-0.15, -0.1) is 0 Å². The Balaban J connectivity index is 2.83. The van der Waals surface area contributed by atoms with Crippen LogP contribution in [0.25, 0.3) is 0 Å². The number of likely N-dealkylation sites (N-methyl/N-ethyl adjacent to an activating group) is 1. The molecule has 1 aromatic rings. The largest absolute Gasteiger partial charge is 0.495 e. The number of benzene rings is 1. The molecule has 17 heavy (non-hydrogen) atoms. The molecule has 0 saturated heterocycles. The maximum absolute atomic E-state index is 13.1. The van der Waals surface area contributed by atoms with E-state index in [-0.39, 0.29) is 5.82 Å². The predicted octanol–water partition coefficient (Wildman–Crippen LogP) is 1.91. The van der Waals surface area contributed by atoms with Gasteiger partial charge in [0.2, 0.25) is 0 Å². The zero-order valence-electron chi connectivity index (χ0n) is 9.68. The highest BCUT2D eigenvalue weighted by atomic mass is 19.1. The fraction of sp³-hybridized carbons (Fsp3) is 0.250. The third-order valence-electron chi connectivity index (χ3n) is 2.19. The Morgan fingerprint density at radius 3 is 2.88 bits per heavy atom. The topological polar surface area (TPSA) is 49.8 Å². The Kier molecular flexibility index (Phi) is 4.51. The van der Waals surface area contributed by atoms with Crippen molar-refractivity contribution in [2.75, 3.05) is 25.6 Å². The Hall–Kier alpha value is -2.04. The average molecular weight is 239 g/mol. The summed E-state index contributed by atoms with van der Waals surface area (Å²) in [5, 5.41) is 8.45. The molecule has 1 N–H and O–H groups in total. The van der Waals surface area contributed by atoms with E-state index in [0.29, 0.717) is 18.0 Å². The first kappa shape index (κ1) is 13.0. The fourth-order valence-corrected chi connectivity index (χ4v) is 1.37. The van der Waals surface area contributed by atoms with E-state index in [2.05, 4.69) is 0 Å². The van der Waals surface area contributed by atoms with Crippen LogP contribution in [0.2, 0.25) is 0 Å². The number of methoxy groups -OCH3 is 1. The lowest BCUT2D eigenvalue weighted by Gasteiger charge is -2.20. The molecule has 4 nitrogen and oxygen atoms in total. The van der Waals surface area contributed by atoms with Crippen LogP contribution in [0.3, 0.4) is 0 Å². The maximum Gasteiger partial charge on any atom is 0.328 e. The molecule has 0 aliphatic heterocycles. The minimum absolute atomic E-state index is 0.353. The van der Waals surface area contributed by atoms with Crippen molar-refractivity contribution in [2.45, 2.75) is 0 Å². The van der Waals surface area contributed by atoms with Crippen molar-refractivity contribution in [1.29, 1.82) is 0 Å². The van der Waals surface area contributed by atoms with Crippen LogP contribution in [0.4, 0.5) is 10.1 Å². The number of aliphatic carboxylic acids is 1. The molecule has 0 aromatic heterocycles. The number of nitrogens with zero attached hydrogens (tertiary/aromatic N) is 1. The number of carbonyl (C=O) groups is 1. The number of anilines is 1. The van der Waals surface area contributed by atoms with Crippen molar-refractivity contribution < 1.29 is 19.0 Å². The van der Waals surface area contributed by atoms with Crippen LogP contribution in [0, 0.1) is 5.82 Å². The number of hydrogen-bond acceptors (Lipinski definition) is 3. The van der Waals surface area contributed by atoms with E-state index in [4.69, 9.17) is 9.84 Å². The predicted molar refractivity (Wildman–Crippen MR) is 63.0 cm³/mol. The van der Waals surface area contributed by atoms with Crippen molar-refractivity contribution in [2.24, 2.45) is 0 Å². The lowest BCUT2D eigenvalue weighted by atomic mass is 10.2. The Morgan fingerprint density at radius 2 is 2.29 bits per heavy atom. The van der Waals surface area contributed by atoms with Crippen LogP contribution in [-0.2, 0) is 4.79 Å². The first-order chi connectivity index (χ1) is 8.04. The van der Waals surface area contributed by atoms with Crippen molar-refractivity contribution in [1.82, 2.24) is 0 Å². The zero-order chi connectivity index (χ0) is 12.8. The summed E-state index contributed by atoms with van der Waals surface area (Å²) in [5.74, 6) is -0.836. The van der Waals surface area contributed by atoms with E-state index in [1.165, 1.54) is 31.4 Å². The summed E-state index contributed by atoms with van der Waals surface area (Å²) in [6, 6.07) is 4.18. The molecule has 0 amide bonds. The molecule has 0 aliphatic carbocycles. The standard InChI is InChI=1S/C12H14FNO3/c1-14(7-3-4-12(15)16)10-8-9(13)5-6-11(10)17-2/h3-6,8H,7H2,1-2H3,(H,15,16)/b4-3+. The number of ether oxygens (including phenoxy) is 1. The summed E-state index contributed by atoms with van der Waals surface area (Å²) in [4.78, 5) is 12.0. The second kappa shape index (κ2) is 5.89. The molecule has 1 aromatic carbocycles. The van der Waals surface area contributed by atoms with E-state index in [1.807, 2.05) is 0 Å².